The second kappa shape index (κ2) is 5.69. The Balaban J connectivity index is 0. The van der Waals surface area contributed by atoms with Crippen LogP contribution in [-0.4, -0.2) is 22.8 Å². The van der Waals surface area contributed by atoms with E-state index in [-0.39, 0.29) is 37.7 Å². The van der Waals surface area contributed by atoms with Crippen LogP contribution in [0.1, 0.15) is 0 Å². The van der Waals surface area contributed by atoms with Gasteiger partial charge in [0.25, 0.3) is 0 Å². The minimum atomic E-state index is -1.19. The first-order valence-corrected chi connectivity index (χ1v) is 1.10. The normalized spacial score (nSPS) is 6.17. The minimum Gasteiger partial charge on any atom is -0.480 e. The number of carboxylic acid groups (broad SMARTS) is 1. The first-order chi connectivity index (χ1) is 2.27. The standard InChI is InChI=1S/C2H4O3.Ar/c3-1-2(4)5;/h3H,1H2,(H,4,5);. The fraction of sp³-hybridized carbons (Fsp3) is 0.500. The van der Waals surface area contributed by atoms with Gasteiger partial charge in [-0.25, -0.2) is 4.79 Å². The summed E-state index contributed by atoms with van der Waals surface area (Å²) in [6.45, 7) is -0.778. The molecule has 0 spiro atoms. The minimum absolute atomic E-state index is 0. The van der Waals surface area contributed by atoms with Gasteiger partial charge in [0.1, 0.15) is 6.61 Å². The van der Waals surface area contributed by atoms with Crippen molar-refractivity contribution in [2.75, 3.05) is 6.61 Å². The predicted octanol–water partition coefficient (Wildman–Crippen LogP) is -0.937. The summed E-state index contributed by atoms with van der Waals surface area (Å²) in [6, 6.07) is 0. The molecule has 0 aromatic rings. The van der Waals surface area contributed by atoms with Crippen molar-refractivity contribution in [1.82, 2.24) is 0 Å². The van der Waals surface area contributed by atoms with Crippen LogP contribution >= 0.6 is 0 Å². The number of aliphatic hydroxyl groups is 1. The maximum absolute atomic E-state index is 9.12. The molecule has 0 aliphatic heterocycles. The summed E-state index contributed by atoms with van der Waals surface area (Å²) in [6.07, 6.45) is 0. The molecule has 4 heteroatoms. The number of rotatable bonds is 1. The Hall–Kier alpha value is 0.690. The molecule has 0 aromatic carbocycles. The molecule has 38 valence electrons. The van der Waals surface area contributed by atoms with E-state index < -0.39 is 12.6 Å². The number of hydrogen-bond donors (Lipinski definition) is 2. The third-order valence-electron chi connectivity index (χ3n) is 0.135. The van der Waals surface area contributed by atoms with Crippen molar-refractivity contribution in [1.29, 1.82) is 0 Å². The summed E-state index contributed by atoms with van der Waals surface area (Å²) < 4.78 is 0. The third-order valence-corrected chi connectivity index (χ3v) is 0.135. The summed E-state index contributed by atoms with van der Waals surface area (Å²) in [5.74, 6) is -1.19. The molecule has 0 heterocycles. The van der Waals surface area contributed by atoms with E-state index in [0.29, 0.717) is 0 Å². The maximum atomic E-state index is 9.12. The van der Waals surface area contributed by atoms with Gasteiger partial charge in [-0.15, -0.1) is 0 Å². The first kappa shape index (κ1) is 9.85. The van der Waals surface area contributed by atoms with Crippen molar-refractivity contribution in [2.45, 2.75) is 0 Å². The number of carbonyl (C=O) groups is 1. The van der Waals surface area contributed by atoms with Gasteiger partial charge in [-0.3, -0.25) is 0 Å². The van der Waals surface area contributed by atoms with Crippen LogP contribution in [0.3, 0.4) is 0 Å². The molecule has 0 aromatic heterocycles. The monoisotopic (exact) mass is 116 g/mol. The zero-order valence-corrected chi connectivity index (χ0v) is 3.57. The quantitative estimate of drug-likeness (QED) is 0.465. The van der Waals surface area contributed by atoms with E-state index >= 15 is 0 Å². The van der Waals surface area contributed by atoms with E-state index in [0.717, 1.165) is 0 Å². The van der Waals surface area contributed by atoms with E-state index in [9.17, 15) is 0 Å². The van der Waals surface area contributed by atoms with Gasteiger partial charge in [0.15, 0.2) is 0 Å². The van der Waals surface area contributed by atoms with Crippen LogP contribution in [0.15, 0.2) is 0 Å². The van der Waals surface area contributed by atoms with Crippen molar-refractivity contribution in [3.05, 3.63) is 0 Å². The molecule has 3 nitrogen and oxygen atoms in total. The molecule has 0 amide bonds. The Morgan fingerprint density at radius 1 is 1.67 bits per heavy atom. The van der Waals surface area contributed by atoms with Crippen molar-refractivity contribution >= 4 is 5.97 Å². The van der Waals surface area contributed by atoms with Crippen LogP contribution in [0.2, 0.25) is 0 Å². The van der Waals surface area contributed by atoms with Crippen LogP contribution < -0.4 is 0 Å². The van der Waals surface area contributed by atoms with Gasteiger partial charge in [0.2, 0.25) is 0 Å². The molecule has 0 saturated carbocycles. The molecule has 0 atom stereocenters. The Bertz CT molecular complexity index is 44.1. The Morgan fingerprint density at radius 3 is 1.83 bits per heavy atom. The van der Waals surface area contributed by atoms with Gasteiger partial charge in [0, 0.05) is 37.7 Å². The van der Waals surface area contributed by atoms with E-state index in [1.165, 1.54) is 0 Å². The van der Waals surface area contributed by atoms with Gasteiger partial charge in [-0.05, 0) is 0 Å². The van der Waals surface area contributed by atoms with Gasteiger partial charge < -0.3 is 10.2 Å². The molecule has 0 fully saturated rings. The van der Waals surface area contributed by atoms with Gasteiger partial charge >= 0.3 is 5.97 Å². The Kier molecular flexibility index (Phi) is 9.34. The largest absolute Gasteiger partial charge is 0.480 e. The molecule has 0 bridgehead atoms. The molecule has 0 radical (unpaired) electrons. The molecule has 6 heavy (non-hydrogen) atoms. The van der Waals surface area contributed by atoms with E-state index in [4.69, 9.17) is 15.0 Å². The van der Waals surface area contributed by atoms with Crippen molar-refractivity contribution in [3.8, 4) is 0 Å². The molecule has 2 N–H and O–H groups in total. The number of carboxylic acids is 1. The molecule has 0 aliphatic rings. The van der Waals surface area contributed by atoms with Crippen LogP contribution in [-0.2, 0) is 4.79 Å². The smallest absolute Gasteiger partial charge is 0.329 e. The van der Waals surface area contributed by atoms with Crippen molar-refractivity contribution in [2.24, 2.45) is 0 Å². The van der Waals surface area contributed by atoms with Gasteiger partial charge in [-0.1, -0.05) is 0 Å². The molecule has 0 aliphatic carbocycles. The number of aliphatic carboxylic acids is 1. The summed E-state index contributed by atoms with van der Waals surface area (Å²) in [4.78, 5) is 9.12. The first-order valence-electron chi connectivity index (χ1n) is 1.10. The fourth-order valence-corrected chi connectivity index (χ4v) is 0. The fourth-order valence-electron chi connectivity index (χ4n) is 0. The second-order valence-corrected chi connectivity index (χ2v) is 0.552. The van der Waals surface area contributed by atoms with Crippen LogP contribution in [0.5, 0.6) is 0 Å². The van der Waals surface area contributed by atoms with Crippen LogP contribution in [0, 0.1) is 37.7 Å². The van der Waals surface area contributed by atoms with E-state index in [1.807, 2.05) is 0 Å². The average molecular weight is 116 g/mol. The van der Waals surface area contributed by atoms with Crippen LogP contribution in [0.4, 0.5) is 0 Å². The van der Waals surface area contributed by atoms with Crippen molar-refractivity contribution in [3.63, 3.8) is 0 Å². The average Bonchev–Trinajstić information content (AvgIpc) is 1.38. The summed E-state index contributed by atoms with van der Waals surface area (Å²) >= 11 is 0. The third kappa shape index (κ3) is 8.83. The summed E-state index contributed by atoms with van der Waals surface area (Å²) in [5, 5.41) is 15.0. The molecular weight excluding hydrogens is 112 g/mol. The van der Waals surface area contributed by atoms with Crippen LogP contribution in [0.25, 0.3) is 0 Å². The molecule has 0 unspecified atom stereocenters. The Morgan fingerprint density at radius 2 is 1.83 bits per heavy atom. The zero-order valence-electron chi connectivity index (χ0n) is 2.86. The molecule has 0 saturated heterocycles. The van der Waals surface area contributed by atoms with Gasteiger partial charge in [-0.2, -0.15) is 0 Å². The second-order valence-electron chi connectivity index (χ2n) is 0.552. The Labute approximate surface area is 65.0 Å². The molecule has 0 rings (SSSR count). The van der Waals surface area contributed by atoms with E-state index in [1.54, 1.807) is 0 Å². The maximum Gasteiger partial charge on any atom is 0.329 e. The summed E-state index contributed by atoms with van der Waals surface area (Å²) in [7, 11) is 0. The topological polar surface area (TPSA) is 57.5 Å². The summed E-state index contributed by atoms with van der Waals surface area (Å²) in [5.41, 5.74) is 0. The number of aliphatic hydroxyl groups excluding tert-OH is 1. The van der Waals surface area contributed by atoms with Gasteiger partial charge in [0.05, 0.1) is 0 Å². The van der Waals surface area contributed by atoms with E-state index in [2.05, 4.69) is 0 Å². The SMILES string of the molecule is O=C(O)CO.[Ar]. The number of hydrogen-bond acceptors (Lipinski definition) is 2. The zero-order chi connectivity index (χ0) is 4.28. The predicted molar refractivity (Wildman–Crippen MR) is 14.7 cm³/mol. The molecular formula is C2H4ArO3. The van der Waals surface area contributed by atoms with Crippen molar-refractivity contribution < 1.29 is 52.7 Å².